The van der Waals surface area contributed by atoms with Crippen LogP contribution in [0.4, 0.5) is 5.69 Å². The highest BCUT2D eigenvalue weighted by Crippen LogP contribution is 2.30. The van der Waals surface area contributed by atoms with Crippen molar-refractivity contribution >= 4 is 23.4 Å². The number of nitrogens with one attached hydrogen (secondary N) is 1. The van der Waals surface area contributed by atoms with Crippen LogP contribution in [0, 0.1) is 0 Å². The van der Waals surface area contributed by atoms with Gasteiger partial charge >= 0.3 is 0 Å². The lowest BCUT2D eigenvalue weighted by Gasteiger charge is -2.29. The summed E-state index contributed by atoms with van der Waals surface area (Å²) in [7, 11) is 1.66. The summed E-state index contributed by atoms with van der Waals surface area (Å²) in [4.78, 5) is 0. The molecule has 2 rings (SSSR count). The molecular weight excluding hydrogens is 224 g/mol. The molecule has 0 aromatic heterocycles. The van der Waals surface area contributed by atoms with Gasteiger partial charge in [-0.3, -0.25) is 0 Å². The van der Waals surface area contributed by atoms with Crippen LogP contribution in [0.2, 0.25) is 5.02 Å². The minimum Gasteiger partial charge on any atom is -0.358 e. The van der Waals surface area contributed by atoms with Gasteiger partial charge in [-0.1, -0.05) is 11.6 Å². The van der Waals surface area contributed by atoms with Crippen LogP contribution < -0.4 is 11.1 Å². The Morgan fingerprint density at radius 1 is 1.50 bits per heavy atom. The molecule has 3 nitrogen and oxygen atoms in total. The zero-order valence-electron chi connectivity index (χ0n) is 9.33. The summed E-state index contributed by atoms with van der Waals surface area (Å²) < 4.78 is 5.36. The molecular formula is C12H15ClN2O. The smallest absolute Gasteiger partial charge is 0.151 e. The first kappa shape index (κ1) is 11.5. The summed E-state index contributed by atoms with van der Waals surface area (Å²) >= 11 is 5.95. The van der Waals surface area contributed by atoms with E-state index in [1.54, 1.807) is 7.11 Å². The molecule has 1 unspecified atom stereocenters. The maximum absolute atomic E-state index is 5.95. The fourth-order valence-electron chi connectivity index (χ4n) is 1.83. The number of ether oxygens (including phenoxy) is 1. The summed E-state index contributed by atoms with van der Waals surface area (Å²) in [6.45, 7) is 1.94. The minimum atomic E-state index is -0.159. The van der Waals surface area contributed by atoms with Gasteiger partial charge in [0.05, 0.1) is 0 Å². The van der Waals surface area contributed by atoms with Gasteiger partial charge in [0.2, 0.25) is 0 Å². The summed E-state index contributed by atoms with van der Waals surface area (Å²) in [6.07, 6.45) is 1.88. The van der Waals surface area contributed by atoms with Crippen molar-refractivity contribution < 1.29 is 4.74 Å². The van der Waals surface area contributed by atoms with Crippen LogP contribution in [0.3, 0.4) is 0 Å². The van der Waals surface area contributed by atoms with E-state index in [1.807, 2.05) is 31.2 Å². The van der Waals surface area contributed by atoms with Crippen LogP contribution in [0.1, 0.15) is 12.5 Å². The standard InChI is InChI=1S/C12H15ClN2O/c1-7(14)10-6-8-5-9(13)3-4-11(8)15-12(10)16-2/h3-7,12,15H,14H2,1-2H3/t7-,12?/m0/s1. The molecule has 0 fully saturated rings. The summed E-state index contributed by atoms with van der Waals surface area (Å²) in [6, 6.07) is 5.66. The topological polar surface area (TPSA) is 47.3 Å². The van der Waals surface area contributed by atoms with E-state index in [0.717, 1.165) is 21.8 Å². The molecule has 86 valence electrons. The molecule has 0 radical (unpaired) electrons. The highest BCUT2D eigenvalue weighted by molar-refractivity contribution is 6.30. The van der Waals surface area contributed by atoms with Gasteiger partial charge in [-0.05, 0) is 42.3 Å². The quantitative estimate of drug-likeness (QED) is 0.832. The minimum absolute atomic E-state index is 0.0513. The number of methoxy groups -OCH3 is 1. The molecule has 2 atom stereocenters. The number of nitrogens with two attached hydrogens (primary N) is 1. The second-order valence-electron chi connectivity index (χ2n) is 3.92. The maximum Gasteiger partial charge on any atom is 0.151 e. The summed E-state index contributed by atoms with van der Waals surface area (Å²) in [5.74, 6) is 0. The normalized spacial score (nSPS) is 20.8. The molecule has 16 heavy (non-hydrogen) atoms. The fraction of sp³-hybridized carbons (Fsp3) is 0.333. The van der Waals surface area contributed by atoms with E-state index >= 15 is 0 Å². The second-order valence-corrected chi connectivity index (χ2v) is 4.36. The Kier molecular flexibility index (Phi) is 3.19. The molecule has 0 spiro atoms. The first-order valence-corrected chi connectivity index (χ1v) is 5.55. The number of fused-ring (bicyclic) bond motifs is 1. The zero-order chi connectivity index (χ0) is 11.7. The Labute approximate surface area is 100 Å². The van der Waals surface area contributed by atoms with Crippen molar-refractivity contribution in [2.24, 2.45) is 5.73 Å². The van der Waals surface area contributed by atoms with Crippen LogP contribution in [0.25, 0.3) is 6.08 Å². The number of anilines is 1. The average Bonchev–Trinajstić information content (AvgIpc) is 2.27. The highest BCUT2D eigenvalue weighted by atomic mass is 35.5. The number of benzene rings is 1. The van der Waals surface area contributed by atoms with E-state index in [2.05, 4.69) is 5.32 Å². The maximum atomic E-state index is 5.95. The third-order valence-corrected chi connectivity index (χ3v) is 2.92. The van der Waals surface area contributed by atoms with Crippen molar-refractivity contribution in [3.05, 3.63) is 34.4 Å². The lowest BCUT2D eigenvalue weighted by molar-refractivity contribution is 0.149. The molecule has 4 heteroatoms. The number of hydrogen-bond acceptors (Lipinski definition) is 3. The third kappa shape index (κ3) is 2.07. The van der Waals surface area contributed by atoms with Gasteiger partial charge in [-0.25, -0.2) is 0 Å². The van der Waals surface area contributed by atoms with E-state index in [4.69, 9.17) is 22.1 Å². The second kappa shape index (κ2) is 4.45. The number of hydrogen-bond donors (Lipinski definition) is 2. The molecule has 1 aliphatic rings. The van der Waals surface area contributed by atoms with Gasteiger partial charge in [-0.2, -0.15) is 0 Å². The van der Waals surface area contributed by atoms with E-state index in [0.29, 0.717) is 0 Å². The molecule has 0 saturated carbocycles. The van der Waals surface area contributed by atoms with Crippen molar-refractivity contribution in [1.82, 2.24) is 0 Å². The average molecular weight is 239 g/mol. The van der Waals surface area contributed by atoms with Crippen molar-refractivity contribution in [1.29, 1.82) is 0 Å². The molecule has 0 bridgehead atoms. The van der Waals surface area contributed by atoms with E-state index in [9.17, 15) is 0 Å². The molecule has 0 saturated heterocycles. The van der Waals surface area contributed by atoms with Crippen molar-refractivity contribution in [2.75, 3.05) is 12.4 Å². The molecule has 0 amide bonds. The van der Waals surface area contributed by atoms with Gasteiger partial charge in [-0.15, -0.1) is 0 Å². The van der Waals surface area contributed by atoms with Gasteiger partial charge < -0.3 is 15.8 Å². The van der Waals surface area contributed by atoms with Crippen LogP contribution in [0.15, 0.2) is 23.8 Å². The van der Waals surface area contributed by atoms with Crippen LogP contribution in [0.5, 0.6) is 0 Å². The van der Waals surface area contributed by atoms with Crippen LogP contribution in [-0.4, -0.2) is 19.4 Å². The Balaban J connectivity index is 2.45. The first-order valence-electron chi connectivity index (χ1n) is 5.18. The van der Waals surface area contributed by atoms with Gasteiger partial charge in [0.25, 0.3) is 0 Å². The van der Waals surface area contributed by atoms with Crippen molar-refractivity contribution in [3.63, 3.8) is 0 Å². The molecule has 0 aliphatic carbocycles. The lowest BCUT2D eigenvalue weighted by atomic mass is 9.99. The molecule has 3 N–H and O–H groups in total. The zero-order valence-corrected chi connectivity index (χ0v) is 10.1. The summed E-state index contributed by atoms with van der Waals surface area (Å²) in [5.41, 5.74) is 9.00. The monoisotopic (exact) mass is 238 g/mol. The highest BCUT2D eigenvalue weighted by Gasteiger charge is 2.22. The number of halogens is 1. The Morgan fingerprint density at radius 2 is 2.25 bits per heavy atom. The Hall–Kier alpha value is -1.03. The summed E-state index contributed by atoms with van der Waals surface area (Å²) in [5, 5.41) is 4.00. The van der Waals surface area contributed by atoms with E-state index in [1.165, 1.54) is 0 Å². The van der Waals surface area contributed by atoms with Crippen LogP contribution in [-0.2, 0) is 4.74 Å². The molecule has 1 aromatic rings. The Morgan fingerprint density at radius 3 is 2.88 bits per heavy atom. The molecule has 1 heterocycles. The molecule has 1 aromatic carbocycles. The Bertz CT molecular complexity index is 429. The SMILES string of the molecule is COC1Nc2ccc(Cl)cc2C=C1[C@H](C)N. The van der Waals surface area contributed by atoms with Crippen molar-refractivity contribution in [3.8, 4) is 0 Å². The fourth-order valence-corrected chi connectivity index (χ4v) is 2.01. The van der Waals surface area contributed by atoms with E-state index in [-0.39, 0.29) is 12.3 Å². The van der Waals surface area contributed by atoms with Crippen LogP contribution >= 0.6 is 11.6 Å². The number of rotatable bonds is 2. The lowest BCUT2D eigenvalue weighted by Crippen LogP contribution is -2.35. The van der Waals surface area contributed by atoms with E-state index < -0.39 is 0 Å². The molecule has 1 aliphatic heterocycles. The van der Waals surface area contributed by atoms with Gasteiger partial charge in [0.15, 0.2) is 6.23 Å². The predicted octanol–water partition coefficient (Wildman–Crippen LogP) is 2.47. The third-order valence-electron chi connectivity index (χ3n) is 2.69. The predicted molar refractivity (Wildman–Crippen MR) is 67.5 cm³/mol. The largest absolute Gasteiger partial charge is 0.358 e. The van der Waals surface area contributed by atoms with Crippen molar-refractivity contribution in [2.45, 2.75) is 19.2 Å². The van der Waals surface area contributed by atoms with Gasteiger partial charge in [0.1, 0.15) is 0 Å². The van der Waals surface area contributed by atoms with Gasteiger partial charge in [0, 0.05) is 23.9 Å². The first-order chi connectivity index (χ1) is 7.61.